The molecule has 0 radical (unpaired) electrons. The van der Waals surface area contributed by atoms with Gasteiger partial charge in [-0.05, 0) is 26.7 Å². The summed E-state index contributed by atoms with van der Waals surface area (Å²) in [6.45, 7) is 8.29. The van der Waals surface area contributed by atoms with E-state index in [-0.39, 0.29) is 41.6 Å². The number of carbonyl (C=O) groups is 1. The summed E-state index contributed by atoms with van der Waals surface area (Å²) >= 11 is 0. The molecule has 2 N–H and O–H groups in total. The number of carbonyl (C=O) groups excluding carboxylic acids is 1. The van der Waals surface area contributed by atoms with Crippen LogP contribution in [0.2, 0.25) is 0 Å². The fraction of sp³-hybridized carbons (Fsp3) is 0.917. The molecule has 0 aliphatic heterocycles. The molecule has 0 aromatic heterocycles. The van der Waals surface area contributed by atoms with Crippen LogP contribution in [0.15, 0.2) is 0 Å². The van der Waals surface area contributed by atoms with Crippen LogP contribution in [-0.4, -0.2) is 48.2 Å². The van der Waals surface area contributed by atoms with Gasteiger partial charge in [0.2, 0.25) is 0 Å². The Morgan fingerprint density at radius 3 is 2.25 bits per heavy atom. The molecule has 0 saturated carbocycles. The number of unbranched alkanes of at least 4 members (excludes halogenated alkanes) is 1. The first-order valence-corrected chi connectivity index (χ1v) is 5.97. The summed E-state index contributed by atoms with van der Waals surface area (Å²) in [6.07, 6.45) is 3.68. The third kappa shape index (κ3) is 4.74. The Bertz CT molecular complexity index is 197. The van der Waals surface area contributed by atoms with Crippen LogP contribution in [0, 0.1) is 5.41 Å². The number of ether oxygens (including phenoxy) is 1. The van der Waals surface area contributed by atoms with Gasteiger partial charge in [-0.2, -0.15) is 0 Å². The van der Waals surface area contributed by atoms with Crippen LogP contribution < -0.4 is 5.73 Å². The second-order valence-corrected chi connectivity index (χ2v) is 4.12. The number of rotatable bonds is 7. The number of nitrogens with two attached hydrogens (primary N) is 1. The predicted octanol–water partition coefficient (Wildman–Crippen LogP) is 1.83. The van der Waals surface area contributed by atoms with Crippen LogP contribution in [0.25, 0.3) is 0 Å². The van der Waals surface area contributed by atoms with E-state index in [4.69, 9.17) is 10.5 Å². The maximum absolute atomic E-state index is 11.9. The van der Waals surface area contributed by atoms with E-state index >= 15 is 0 Å². The molecule has 2 atom stereocenters. The van der Waals surface area contributed by atoms with Gasteiger partial charge >= 0.3 is 35.5 Å². The van der Waals surface area contributed by atoms with Crippen molar-refractivity contribution in [2.75, 3.05) is 6.61 Å². The van der Waals surface area contributed by atoms with Crippen LogP contribution >= 0.6 is 0 Å². The van der Waals surface area contributed by atoms with E-state index in [2.05, 4.69) is 6.92 Å². The van der Waals surface area contributed by atoms with Crippen molar-refractivity contribution in [1.82, 2.24) is 0 Å². The molecule has 16 heavy (non-hydrogen) atoms. The minimum atomic E-state index is -0.480. The van der Waals surface area contributed by atoms with Crippen molar-refractivity contribution in [1.29, 1.82) is 0 Å². The van der Waals surface area contributed by atoms with Crippen molar-refractivity contribution in [2.24, 2.45) is 11.1 Å². The van der Waals surface area contributed by atoms with Crippen LogP contribution in [0.5, 0.6) is 0 Å². The first kappa shape index (κ1) is 18.8. The van der Waals surface area contributed by atoms with Crippen LogP contribution in [-0.2, 0) is 9.53 Å². The molecular formula is C12H26NNaO2. The molecule has 0 aromatic rings. The zero-order chi connectivity index (χ0) is 11.9. The molecule has 0 aromatic carbocycles. The molecule has 4 heteroatoms. The Labute approximate surface area is 122 Å². The Hall–Kier alpha value is 0.430. The molecule has 0 saturated heterocycles. The SMILES string of the molecule is CCCCC(CC)(C(=O)OCC)C(C)N.[NaH]. The van der Waals surface area contributed by atoms with Crippen LogP contribution in [0.3, 0.4) is 0 Å². The average Bonchev–Trinajstić information content (AvgIpc) is 2.19. The number of esters is 1. The van der Waals surface area contributed by atoms with E-state index < -0.39 is 5.41 Å². The molecule has 0 heterocycles. The van der Waals surface area contributed by atoms with Gasteiger partial charge in [-0.15, -0.1) is 0 Å². The summed E-state index contributed by atoms with van der Waals surface area (Å²) in [7, 11) is 0. The monoisotopic (exact) mass is 239 g/mol. The minimum absolute atomic E-state index is 0. The molecule has 92 valence electrons. The Morgan fingerprint density at radius 2 is 1.94 bits per heavy atom. The third-order valence-corrected chi connectivity index (χ3v) is 3.16. The standard InChI is InChI=1S/C12H25NO2.Na.H/c1-5-8-9-12(6-2,10(4)13)11(14)15-7-3;;/h10H,5-9,13H2,1-4H3;;. The molecule has 0 aliphatic carbocycles. The molecular weight excluding hydrogens is 213 g/mol. The van der Waals surface area contributed by atoms with Crippen LogP contribution in [0.4, 0.5) is 0 Å². The topological polar surface area (TPSA) is 52.3 Å². The summed E-state index contributed by atoms with van der Waals surface area (Å²) in [5.74, 6) is -0.129. The van der Waals surface area contributed by atoms with Gasteiger partial charge in [-0.1, -0.05) is 26.7 Å². The normalized spacial score (nSPS) is 15.8. The fourth-order valence-corrected chi connectivity index (χ4v) is 1.93. The molecule has 0 fully saturated rings. The predicted molar refractivity (Wildman–Crippen MR) is 69.7 cm³/mol. The van der Waals surface area contributed by atoms with Gasteiger partial charge in [0.05, 0.1) is 12.0 Å². The summed E-state index contributed by atoms with van der Waals surface area (Å²) in [5, 5.41) is 0. The Morgan fingerprint density at radius 1 is 1.38 bits per heavy atom. The van der Waals surface area contributed by atoms with E-state index in [0.29, 0.717) is 6.61 Å². The van der Waals surface area contributed by atoms with E-state index in [1.54, 1.807) is 0 Å². The van der Waals surface area contributed by atoms with Gasteiger partial charge in [-0.3, -0.25) is 4.79 Å². The Balaban J connectivity index is 0. The first-order chi connectivity index (χ1) is 7.05. The summed E-state index contributed by atoms with van der Waals surface area (Å²) in [4.78, 5) is 11.9. The number of hydrogen-bond donors (Lipinski definition) is 1. The van der Waals surface area contributed by atoms with Crippen molar-refractivity contribution in [3.8, 4) is 0 Å². The molecule has 0 spiro atoms. The zero-order valence-electron chi connectivity index (χ0n) is 10.5. The average molecular weight is 239 g/mol. The van der Waals surface area contributed by atoms with Gasteiger partial charge < -0.3 is 10.5 Å². The summed E-state index contributed by atoms with van der Waals surface area (Å²) in [6, 6.07) is -0.145. The second-order valence-electron chi connectivity index (χ2n) is 4.12. The van der Waals surface area contributed by atoms with E-state index in [1.807, 2.05) is 20.8 Å². The molecule has 0 amide bonds. The van der Waals surface area contributed by atoms with Crippen molar-refractivity contribution in [3.63, 3.8) is 0 Å². The van der Waals surface area contributed by atoms with Gasteiger partial charge in [0.1, 0.15) is 0 Å². The fourth-order valence-electron chi connectivity index (χ4n) is 1.93. The number of hydrogen-bond acceptors (Lipinski definition) is 3. The third-order valence-electron chi connectivity index (χ3n) is 3.16. The quantitative estimate of drug-likeness (QED) is 0.545. The maximum atomic E-state index is 11.9. The van der Waals surface area contributed by atoms with Crippen molar-refractivity contribution in [3.05, 3.63) is 0 Å². The molecule has 0 bridgehead atoms. The van der Waals surface area contributed by atoms with Crippen molar-refractivity contribution < 1.29 is 9.53 Å². The van der Waals surface area contributed by atoms with Gasteiger partial charge in [0.15, 0.2) is 0 Å². The van der Waals surface area contributed by atoms with E-state index in [0.717, 1.165) is 25.7 Å². The first-order valence-electron chi connectivity index (χ1n) is 5.97. The summed E-state index contributed by atoms with van der Waals surface area (Å²) in [5.41, 5.74) is 5.47. The van der Waals surface area contributed by atoms with E-state index in [9.17, 15) is 4.79 Å². The van der Waals surface area contributed by atoms with Crippen LogP contribution in [0.1, 0.15) is 53.4 Å². The molecule has 0 rings (SSSR count). The van der Waals surface area contributed by atoms with Crippen molar-refractivity contribution in [2.45, 2.75) is 59.4 Å². The second kappa shape index (κ2) is 9.46. The van der Waals surface area contributed by atoms with Gasteiger partial charge in [-0.25, -0.2) is 0 Å². The van der Waals surface area contributed by atoms with Gasteiger partial charge in [0.25, 0.3) is 0 Å². The van der Waals surface area contributed by atoms with Crippen molar-refractivity contribution >= 4 is 35.5 Å². The van der Waals surface area contributed by atoms with E-state index in [1.165, 1.54) is 0 Å². The summed E-state index contributed by atoms with van der Waals surface area (Å²) < 4.78 is 5.14. The molecule has 3 nitrogen and oxygen atoms in total. The van der Waals surface area contributed by atoms with Gasteiger partial charge in [0, 0.05) is 6.04 Å². The molecule has 2 unspecified atom stereocenters. The Kier molecular flexibility index (Phi) is 11.1. The zero-order valence-corrected chi connectivity index (χ0v) is 10.5. The molecule has 0 aliphatic rings.